The number of aryl methyl sites for hydroxylation is 2. The Morgan fingerprint density at radius 2 is 2.22 bits per heavy atom. The van der Waals surface area contributed by atoms with Crippen LogP contribution < -0.4 is 10.2 Å². The van der Waals surface area contributed by atoms with Gasteiger partial charge in [0.15, 0.2) is 0 Å². The van der Waals surface area contributed by atoms with Crippen LogP contribution in [-0.2, 0) is 30.5 Å². The molecule has 3 aromatic rings. The molecule has 0 spiro atoms. The van der Waals surface area contributed by atoms with Crippen molar-refractivity contribution in [1.29, 1.82) is 0 Å². The average molecular weight is 438 g/mol. The van der Waals surface area contributed by atoms with Gasteiger partial charge in [-0.15, -0.1) is 10.2 Å². The maximum absolute atomic E-state index is 5.99. The van der Waals surface area contributed by atoms with E-state index in [0.717, 1.165) is 62.8 Å². The SMILES string of the molecule is CCc1nncn1CCNc1nc2c(c(N3CCOC(c4ccco4)C3)n1)CC(C)CC2. The molecule has 170 valence electrons. The van der Waals surface area contributed by atoms with Crippen molar-refractivity contribution in [3.05, 3.63) is 47.6 Å². The number of ether oxygens (including phenoxy) is 1. The van der Waals surface area contributed by atoms with Crippen molar-refractivity contribution in [2.45, 2.75) is 52.2 Å². The van der Waals surface area contributed by atoms with Crippen LogP contribution in [0, 0.1) is 5.92 Å². The highest BCUT2D eigenvalue weighted by molar-refractivity contribution is 5.54. The van der Waals surface area contributed by atoms with Crippen LogP contribution in [0.5, 0.6) is 0 Å². The monoisotopic (exact) mass is 437 g/mol. The summed E-state index contributed by atoms with van der Waals surface area (Å²) < 4.78 is 13.7. The minimum absolute atomic E-state index is 0.0806. The first kappa shape index (κ1) is 20.9. The minimum Gasteiger partial charge on any atom is -0.467 e. The Morgan fingerprint density at radius 3 is 3.06 bits per heavy atom. The van der Waals surface area contributed by atoms with E-state index in [-0.39, 0.29) is 6.10 Å². The van der Waals surface area contributed by atoms with E-state index in [4.69, 9.17) is 19.1 Å². The number of anilines is 2. The second-order valence-corrected chi connectivity index (χ2v) is 8.69. The Balaban J connectivity index is 1.37. The van der Waals surface area contributed by atoms with Crippen LogP contribution >= 0.6 is 0 Å². The zero-order valence-electron chi connectivity index (χ0n) is 18.8. The molecular formula is C23H31N7O2. The van der Waals surface area contributed by atoms with Crippen LogP contribution in [0.2, 0.25) is 0 Å². The average Bonchev–Trinajstić information content (AvgIpc) is 3.51. The lowest BCUT2D eigenvalue weighted by Crippen LogP contribution is -2.40. The summed E-state index contributed by atoms with van der Waals surface area (Å²) in [7, 11) is 0. The molecule has 0 radical (unpaired) electrons. The van der Waals surface area contributed by atoms with Crippen LogP contribution in [0.3, 0.4) is 0 Å². The Labute approximate surface area is 188 Å². The Bertz CT molecular complexity index is 1030. The molecule has 2 unspecified atom stereocenters. The first-order valence-corrected chi connectivity index (χ1v) is 11.6. The van der Waals surface area contributed by atoms with E-state index in [2.05, 4.69) is 38.8 Å². The molecule has 4 heterocycles. The molecule has 32 heavy (non-hydrogen) atoms. The van der Waals surface area contributed by atoms with Gasteiger partial charge in [0, 0.05) is 31.6 Å². The fourth-order valence-corrected chi connectivity index (χ4v) is 4.62. The van der Waals surface area contributed by atoms with E-state index < -0.39 is 0 Å². The van der Waals surface area contributed by atoms with E-state index in [1.165, 1.54) is 17.7 Å². The van der Waals surface area contributed by atoms with Gasteiger partial charge in [0.05, 0.1) is 25.1 Å². The molecule has 5 rings (SSSR count). The molecule has 1 aliphatic carbocycles. The van der Waals surface area contributed by atoms with Gasteiger partial charge < -0.3 is 23.9 Å². The van der Waals surface area contributed by atoms with Gasteiger partial charge in [0.2, 0.25) is 5.95 Å². The van der Waals surface area contributed by atoms with Gasteiger partial charge in [-0.2, -0.15) is 4.98 Å². The third-order valence-corrected chi connectivity index (χ3v) is 6.37. The highest BCUT2D eigenvalue weighted by atomic mass is 16.5. The zero-order valence-corrected chi connectivity index (χ0v) is 18.8. The van der Waals surface area contributed by atoms with Gasteiger partial charge in [0.25, 0.3) is 0 Å². The summed E-state index contributed by atoms with van der Waals surface area (Å²) in [6.45, 7) is 8.09. The fourth-order valence-electron chi connectivity index (χ4n) is 4.62. The van der Waals surface area contributed by atoms with Crippen molar-refractivity contribution in [1.82, 2.24) is 24.7 Å². The Hall–Kier alpha value is -2.94. The van der Waals surface area contributed by atoms with Crippen LogP contribution in [0.15, 0.2) is 29.1 Å². The summed E-state index contributed by atoms with van der Waals surface area (Å²) in [5.74, 6) is 4.24. The molecule has 0 saturated carbocycles. The predicted octanol–water partition coefficient (Wildman–Crippen LogP) is 3.04. The third-order valence-electron chi connectivity index (χ3n) is 6.37. The standard InChI is InChI=1S/C23H31N7O2/c1-3-21-28-25-15-30(21)9-8-24-23-26-18-7-6-16(2)13-17(18)22(27-23)29-10-12-32-20(14-29)19-5-4-11-31-19/h4-5,11,15-16,20H,3,6-10,12-14H2,1-2H3,(H,24,26,27). The molecule has 1 saturated heterocycles. The Kier molecular flexibility index (Phi) is 6.07. The first-order valence-electron chi connectivity index (χ1n) is 11.6. The predicted molar refractivity (Wildman–Crippen MR) is 121 cm³/mol. The molecule has 9 heteroatoms. The number of nitrogens with one attached hydrogen (secondary N) is 1. The maximum atomic E-state index is 5.99. The summed E-state index contributed by atoms with van der Waals surface area (Å²) in [4.78, 5) is 12.2. The summed E-state index contributed by atoms with van der Waals surface area (Å²) in [6, 6.07) is 3.89. The van der Waals surface area contributed by atoms with E-state index >= 15 is 0 Å². The molecule has 1 aliphatic heterocycles. The van der Waals surface area contributed by atoms with Crippen LogP contribution in [0.25, 0.3) is 0 Å². The summed E-state index contributed by atoms with van der Waals surface area (Å²) in [6.07, 6.45) is 7.46. The number of rotatable bonds is 7. The number of furan rings is 1. The molecule has 1 fully saturated rings. The van der Waals surface area contributed by atoms with Gasteiger partial charge in [0.1, 0.15) is 29.8 Å². The number of aromatic nitrogens is 5. The quantitative estimate of drug-likeness (QED) is 0.603. The van der Waals surface area contributed by atoms with Crippen LogP contribution in [0.4, 0.5) is 11.8 Å². The lowest BCUT2D eigenvalue weighted by Gasteiger charge is -2.35. The Morgan fingerprint density at radius 1 is 1.28 bits per heavy atom. The minimum atomic E-state index is -0.0806. The normalized spacial score (nSPS) is 20.9. The maximum Gasteiger partial charge on any atom is 0.224 e. The van der Waals surface area contributed by atoms with Gasteiger partial charge in [-0.25, -0.2) is 4.98 Å². The van der Waals surface area contributed by atoms with E-state index in [9.17, 15) is 0 Å². The van der Waals surface area contributed by atoms with E-state index in [1.807, 2.05) is 12.1 Å². The molecule has 0 aromatic carbocycles. The highest BCUT2D eigenvalue weighted by Crippen LogP contribution is 2.34. The number of morpholine rings is 1. The number of nitrogens with zero attached hydrogens (tertiary/aromatic N) is 6. The van der Waals surface area contributed by atoms with Crippen molar-refractivity contribution in [2.24, 2.45) is 5.92 Å². The van der Waals surface area contributed by atoms with Crippen molar-refractivity contribution in [3.63, 3.8) is 0 Å². The third kappa shape index (κ3) is 4.34. The zero-order chi connectivity index (χ0) is 21.9. The number of hydrogen-bond donors (Lipinski definition) is 1. The molecule has 3 aromatic heterocycles. The van der Waals surface area contributed by atoms with Gasteiger partial charge in [-0.1, -0.05) is 13.8 Å². The van der Waals surface area contributed by atoms with Gasteiger partial charge in [-0.3, -0.25) is 0 Å². The smallest absolute Gasteiger partial charge is 0.224 e. The van der Waals surface area contributed by atoms with Gasteiger partial charge in [-0.05, 0) is 37.3 Å². The molecule has 2 aliphatic rings. The second-order valence-electron chi connectivity index (χ2n) is 8.69. The van der Waals surface area contributed by atoms with Gasteiger partial charge >= 0.3 is 0 Å². The van der Waals surface area contributed by atoms with E-state index in [0.29, 0.717) is 18.5 Å². The molecule has 0 bridgehead atoms. The summed E-state index contributed by atoms with van der Waals surface area (Å²) >= 11 is 0. The second kappa shape index (κ2) is 9.28. The van der Waals surface area contributed by atoms with Crippen LogP contribution in [-0.4, -0.2) is 51.0 Å². The van der Waals surface area contributed by atoms with E-state index in [1.54, 1.807) is 12.6 Å². The summed E-state index contributed by atoms with van der Waals surface area (Å²) in [5, 5.41) is 11.6. The molecule has 1 N–H and O–H groups in total. The van der Waals surface area contributed by atoms with Crippen molar-refractivity contribution < 1.29 is 9.15 Å². The fraction of sp³-hybridized carbons (Fsp3) is 0.565. The number of hydrogen-bond acceptors (Lipinski definition) is 8. The highest BCUT2D eigenvalue weighted by Gasteiger charge is 2.30. The molecule has 2 atom stereocenters. The first-order chi connectivity index (χ1) is 15.7. The molecular weight excluding hydrogens is 406 g/mol. The topological polar surface area (TPSA) is 94.1 Å². The van der Waals surface area contributed by atoms with Crippen molar-refractivity contribution in [3.8, 4) is 0 Å². The van der Waals surface area contributed by atoms with Crippen molar-refractivity contribution >= 4 is 11.8 Å². The molecule has 0 amide bonds. The van der Waals surface area contributed by atoms with Crippen LogP contribution in [0.1, 0.15) is 49.2 Å². The summed E-state index contributed by atoms with van der Waals surface area (Å²) in [5.41, 5.74) is 2.47. The lowest BCUT2D eigenvalue weighted by molar-refractivity contribution is 0.0254. The largest absolute Gasteiger partial charge is 0.467 e. The van der Waals surface area contributed by atoms with Crippen molar-refractivity contribution in [2.75, 3.05) is 36.5 Å². The lowest BCUT2D eigenvalue weighted by atomic mass is 9.88. The molecule has 9 nitrogen and oxygen atoms in total. The number of fused-ring (bicyclic) bond motifs is 1.